The fourth-order valence-corrected chi connectivity index (χ4v) is 2.49. The summed E-state index contributed by atoms with van der Waals surface area (Å²) in [7, 11) is 4.09. The molecule has 0 aliphatic heterocycles. The molecule has 1 heterocycles. The highest BCUT2D eigenvalue weighted by molar-refractivity contribution is 5.92. The van der Waals surface area contributed by atoms with Crippen LogP contribution < -0.4 is 10.2 Å². The summed E-state index contributed by atoms with van der Waals surface area (Å²) in [6, 6.07) is 0. The van der Waals surface area contributed by atoms with Gasteiger partial charge >= 0.3 is 0 Å². The maximum Gasteiger partial charge on any atom is 0.274 e. The Hall–Kier alpha value is -2.02. The number of nitrogens with zero attached hydrogens (tertiary/aromatic N) is 3. The molecule has 0 saturated heterocycles. The van der Waals surface area contributed by atoms with Crippen molar-refractivity contribution in [3.63, 3.8) is 0 Å². The van der Waals surface area contributed by atoms with Crippen LogP contribution in [0.2, 0.25) is 0 Å². The molecule has 0 aromatic carbocycles. The van der Waals surface area contributed by atoms with E-state index in [0.29, 0.717) is 31.7 Å². The van der Waals surface area contributed by atoms with Crippen LogP contribution in [0.15, 0.2) is 12.4 Å². The molecule has 0 atom stereocenters. The van der Waals surface area contributed by atoms with Gasteiger partial charge in [-0.3, -0.25) is 14.6 Å². The van der Waals surface area contributed by atoms with Gasteiger partial charge in [-0.2, -0.15) is 0 Å². The zero-order chi connectivity index (χ0) is 19.4. The van der Waals surface area contributed by atoms with Gasteiger partial charge in [-0.05, 0) is 13.3 Å². The molecule has 1 aromatic heterocycles. The number of amides is 2. The van der Waals surface area contributed by atoms with Crippen LogP contribution in [0.1, 0.15) is 55.2 Å². The average Bonchev–Trinajstić information content (AvgIpc) is 2.61. The number of unbranched alkanes of at least 4 members (excludes halogenated alkanes) is 3. The van der Waals surface area contributed by atoms with E-state index in [1.54, 1.807) is 11.1 Å². The Labute approximate surface area is 157 Å². The molecule has 0 aliphatic carbocycles. The van der Waals surface area contributed by atoms with Gasteiger partial charge < -0.3 is 15.1 Å². The standard InChI is InChI=1S/C19H33N5O2/c1-5-6-7-8-11-24(12-9-18(25)20-10-13-23(3)4)19(26)17-15-21-16(2)14-22-17/h14-15H,5-13H2,1-4H3,(H,20,25)/p+1. The van der Waals surface area contributed by atoms with Gasteiger partial charge in [0.25, 0.3) is 5.91 Å². The molecule has 0 radical (unpaired) electrons. The van der Waals surface area contributed by atoms with Crippen molar-refractivity contribution in [3.8, 4) is 0 Å². The SMILES string of the molecule is CCCCCCN(CCC(=O)NCC[NH+](C)C)C(=O)c1cnc(C)cn1. The van der Waals surface area contributed by atoms with Crippen molar-refractivity contribution < 1.29 is 14.5 Å². The summed E-state index contributed by atoms with van der Waals surface area (Å²) in [5.41, 5.74) is 1.11. The molecular weight excluding hydrogens is 330 g/mol. The van der Waals surface area contributed by atoms with E-state index in [9.17, 15) is 9.59 Å². The Kier molecular flexibility index (Phi) is 10.5. The fraction of sp³-hybridized carbons (Fsp3) is 0.684. The van der Waals surface area contributed by atoms with E-state index in [1.807, 2.05) is 21.0 Å². The van der Waals surface area contributed by atoms with Crippen molar-refractivity contribution >= 4 is 11.8 Å². The van der Waals surface area contributed by atoms with Crippen LogP contribution in [-0.4, -0.2) is 67.0 Å². The summed E-state index contributed by atoms with van der Waals surface area (Å²) in [5.74, 6) is -0.174. The number of aromatic nitrogens is 2. The van der Waals surface area contributed by atoms with Gasteiger partial charge in [-0.1, -0.05) is 26.2 Å². The highest BCUT2D eigenvalue weighted by Gasteiger charge is 2.18. The predicted molar refractivity (Wildman–Crippen MR) is 102 cm³/mol. The van der Waals surface area contributed by atoms with E-state index in [-0.39, 0.29) is 11.8 Å². The summed E-state index contributed by atoms with van der Waals surface area (Å²) in [6.45, 7) is 6.57. The van der Waals surface area contributed by atoms with Crippen LogP contribution >= 0.6 is 0 Å². The molecule has 0 aliphatic rings. The molecule has 1 aromatic rings. The monoisotopic (exact) mass is 364 g/mol. The van der Waals surface area contributed by atoms with E-state index in [2.05, 4.69) is 22.2 Å². The third-order valence-electron chi connectivity index (χ3n) is 4.12. The number of quaternary nitrogens is 1. The van der Waals surface area contributed by atoms with Crippen LogP contribution in [0.3, 0.4) is 0 Å². The van der Waals surface area contributed by atoms with E-state index in [0.717, 1.165) is 37.9 Å². The molecule has 2 N–H and O–H groups in total. The number of hydrogen-bond acceptors (Lipinski definition) is 4. The van der Waals surface area contributed by atoms with Crippen LogP contribution in [0.4, 0.5) is 0 Å². The average molecular weight is 365 g/mol. The smallest absolute Gasteiger partial charge is 0.274 e. The number of rotatable bonds is 12. The van der Waals surface area contributed by atoms with Gasteiger partial charge in [0.05, 0.1) is 39.1 Å². The van der Waals surface area contributed by atoms with Crippen molar-refractivity contribution in [2.45, 2.75) is 46.0 Å². The first kappa shape index (κ1) is 22.0. The summed E-state index contributed by atoms with van der Waals surface area (Å²) >= 11 is 0. The minimum atomic E-state index is -0.153. The zero-order valence-corrected chi connectivity index (χ0v) is 16.7. The lowest BCUT2D eigenvalue weighted by Gasteiger charge is -2.22. The maximum atomic E-state index is 12.7. The second-order valence-electron chi connectivity index (χ2n) is 6.95. The van der Waals surface area contributed by atoms with Gasteiger partial charge in [0.1, 0.15) is 5.69 Å². The van der Waals surface area contributed by atoms with E-state index < -0.39 is 0 Å². The first-order chi connectivity index (χ1) is 12.4. The largest absolute Gasteiger partial charge is 0.350 e. The first-order valence-corrected chi connectivity index (χ1v) is 9.57. The van der Waals surface area contributed by atoms with E-state index in [4.69, 9.17) is 0 Å². The number of carbonyl (C=O) groups excluding carboxylic acids is 2. The second-order valence-corrected chi connectivity index (χ2v) is 6.95. The molecule has 7 heteroatoms. The molecular formula is C19H34N5O2+. The van der Waals surface area contributed by atoms with Gasteiger partial charge in [0.2, 0.25) is 5.91 Å². The number of aryl methyl sites for hydroxylation is 1. The molecule has 0 fully saturated rings. The van der Waals surface area contributed by atoms with E-state index >= 15 is 0 Å². The molecule has 2 amide bonds. The minimum absolute atomic E-state index is 0.0207. The highest BCUT2D eigenvalue weighted by Crippen LogP contribution is 2.07. The Bertz CT molecular complexity index is 545. The molecule has 26 heavy (non-hydrogen) atoms. The number of likely N-dealkylation sites (N-methyl/N-ethyl adjacent to an activating group) is 1. The lowest BCUT2D eigenvalue weighted by atomic mass is 10.2. The third kappa shape index (κ3) is 8.89. The van der Waals surface area contributed by atoms with Gasteiger partial charge in [-0.25, -0.2) is 4.98 Å². The van der Waals surface area contributed by atoms with Crippen molar-refractivity contribution in [2.24, 2.45) is 0 Å². The van der Waals surface area contributed by atoms with Crippen LogP contribution in [0, 0.1) is 6.92 Å². The maximum absolute atomic E-state index is 12.7. The van der Waals surface area contributed by atoms with Gasteiger partial charge in [0, 0.05) is 25.7 Å². The summed E-state index contributed by atoms with van der Waals surface area (Å²) in [4.78, 5) is 36.1. The van der Waals surface area contributed by atoms with Crippen LogP contribution in [0.5, 0.6) is 0 Å². The predicted octanol–water partition coefficient (Wildman–Crippen LogP) is 0.458. The lowest BCUT2D eigenvalue weighted by molar-refractivity contribution is -0.856. The van der Waals surface area contributed by atoms with Crippen molar-refractivity contribution in [1.29, 1.82) is 0 Å². The summed E-state index contributed by atoms with van der Waals surface area (Å²) < 4.78 is 0. The van der Waals surface area contributed by atoms with Gasteiger partial charge in [-0.15, -0.1) is 0 Å². The quantitative estimate of drug-likeness (QED) is 0.528. The van der Waals surface area contributed by atoms with Gasteiger partial charge in [0.15, 0.2) is 0 Å². The molecule has 146 valence electrons. The number of carbonyl (C=O) groups is 2. The Morgan fingerprint density at radius 1 is 1.12 bits per heavy atom. The molecule has 0 spiro atoms. The fourth-order valence-electron chi connectivity index (χ4n) is 2.49. The molecule has 0 unspecified atom stereocenters. The number of hydrogen-bond donors (Lipinski definition) is 2. The van der Waals surface area contributed by atoms with Crippen molar-refractivity contribution in [1.82, 2.24) is 20.2 Å². The van der Waals surface area contributed by atoms with Crippen LogP contribution in [0.25, 0.3) is 0 Å². The second kappa shape index (κ2) is 12.4. The number of nitrogens with one attached hydrogen (secondary N) is 2. The minimum Gasteiger partial charge on any atom is -0.350 e. The molecule has 0 saturated carbocycles. The Balaban J connectivity index is 2.58. The molecule has 0 bridgehead atoms. The van der Waals surface area contributed by atoms with Crippen molar-refractivity contribution in [2.75, 3.05) is 40.3 Å². The van der Waals surface area contributed by atoms with Crippen LogP contribution in [-0.2, 0) is 4.79 Å². The zero-order valence-electron chi connectivity index (χ0n) is 16.7. The Morgan fingerprint density at radius 2 is 1.88 bits per heavy atom. The third-order valence-corrected chi connectivity index (χ3v) is 4.12. The summed E-state index contributed by atoms with van der Waals surface area (Å²) in [6.07, 6.45) is 7.73. The summed E-state index contributed by atoms with van der Waals surface area (Å²) in [5, 5.41) is 2.91. The topological polar surface area (TPSA) is 79.6 Å². The Morgan fingerprint density at radius 3 is 2.50 bits per heavy atom. The molecule has 1 rings (SSSR count). The molecule has 7 nitrogen and oxygen atoms in total. The van der Waals surface area contributed by atoms with Crippen molar-refractivity contribution in [3.05, 3.63) is 23.8 Å². The van der Waals surface area contributed by atoms with E-state index in [1.165, 1.54) is 11.1 Å². The first-order valence-electron chi connectivity index (χ1n) is 9.57. The highest BCUT2D eigenvalue weighted by atomic mass is 16.2. The normalized spacial score (nSPS) is 10.8. The lowest BCUT2D eigenvalue weighted by Crippen LogP contribution is -3.06.